The summed E-state index contributed by atoms with van der Waals surface area (Å²) in [6.45, 7) is 14.0. The first-order valence-electron chi connectivity index (χ1n) is 12.0. The van der Waals surface area contributed by atoms with Gasteiger partial charge in [0.1, 0.15) is 0 Å². The third kappa shape index (κ3) is 7.21. The fraction of sp³-hybridized carbons (Fsp3) is 0.778. The monoisotopic (exact) mass is 386 g/mol. The highest BCUT2D eigenvalue weighted by molar-refractivity contribution is 5.18. The lowest BCUT2D eigenvalue weighted by Gasteiger charge is -2.46. The lowest BCUT2D eigenvalue weighted by atomic mass is 9.74. The third-order valence-corrected chi connectivity index (χ3v) is 7.22. The van der Waals surface area contributed by atoms with E-state index >= 15 is 0 Å². The molecule has 0 aromatic rings. The molecular weight excluding hydrogens is 340 g/mol. The quantitative estimate of drug-likeness (QED) is 0.270. The zero-order chi connectivity index (χ0) is 20.6. The highest BCUT2D eigenvalue weighted by Crippen LogP contribution is 2.43. The predicted octanol–water partition coefficient (Wildman–Crippen LogP) is 8.56. The Morgan fingerprint density at radius 2 is 1.82 bits per heavy atom. The number of rotatable bonds is 10. The van der Waals surface area contributed by atoms with Gasteiger partial charge in [0.25, 0.3) is 0 Å². The molecule has 0 aromatic carbocycles. The Morgan fingerprint density at radius 3 is 2.57 bits per heavy atom. The van der Waals surface area contributed by atoms with Crippen molar-refractivity contribution in [1.82, 2.24) is 0 Å². The summed E-state index contributed by atoms with van der Waals surface area (Å²) in [5.41, 5.74) is 4.75. The fourth-order valence-electron chi connectivity index (χ4n) is 4.72. The Morgan fingerprint density at radius 1 is 1.11 bits per heavy atom. The normalized spacial score (nSPS) is 31.5. The van der Waals surface area contributed by atoms with Gasteiger partial charge in [-0.1, -0.05) is 63.0 Å². The molecule has 1 fully saturated rings. The van der Waals surface area contributed by atoms with Crippen LogP contribution in [0.5, 0.6) is 0 Å². The standard InChI is InChI=1S/C27H46O/c1-7-8-9-12-21(2)13-10-14-22(3)15-11-19-27(6)20-18-25-17-16-23(4)24(5)26(25)28-27/h13,15,17,23-24,26H,7-12,14,16,18-20H2,1-6H3. The zero-order valence-electron chi connectivity index (χ0n) is 19.7. The van der Waals surface area contributed by atoms with E-state index in [0.717, 1.165) is 18.8 Å². The van der Waals surface area contributed by atoms with Gasteiger partial charge >= 0.3 is 0 Å². The lowest BCUT2D eigenvalue weighted by molar-refractivity contribution is -0.123. The van der Waals surface area contributed by atoms with Crippen LogP contribution in [0.4, 0.5) is 0 Å². The van der Waals surface area contributed by atoms with Crippen LogP contribution >= 0.6 is 0 Å². The molecule has 0 spiro atoms. The Balaban J connectivity index is 1.74. The molecule has 1 heteroatoms. The van der Waals surface area contributed by atoms with Gasteiger partial charge in [-0.2, -0.15) is 0 Å². The second kappa shape index (κ2) is 11.4. The second-order valence-electron chi connectivity index (χ2n) is 9.97. The summed E-state index contributed by atoms with van der Waals surface area (Å²) in [6.07, 6.45) is 21.4. The van der Waals surface area contributed by atoms with E-state index in [2.05, 4.69) is 59.8 Å². The first kappa shape index (κ1) is 23.5. The highest BCUT2D eigenvalue weighted by Gasteiger charge is 2.40. The van der Waals surface area contributed by atoms with Crippen LogP contribution in [0.1, 0.15) is 112 Å². The minimum atomic E-state index is 0.0554. The van der Waals surface area contributed by atoms with Crippen molar-refractivity contribution in [2.24, 2.45) is 11.8 Å². The van der Waals surface area contributed by atoms with Gasteiger partial charge in [-0.3, -0.25) is 0 Å². The van der Waals surface area contributed by atoms with Crippen LogP contribution < -0.4 is 0 Å². The van der Waals surface area contributed by atoms with Gasteiger partial charge in [0.15, 0.2) is 0 Å². The summed E-state index contributed by atoms with van der Waals surface area (Å²) in [4.78, 5) is 0. The van der Waals surface area contributed by atoms with E-state index in [4.69, 9.17) is 4.74 Å². The Kier molecular flexibility index (Phi) is 9.54. The molecule has 1 nitrogen and oxygen atoms in total. The molecule has 0 bridgehead atoms. The molecule has 1 aliphatic carbocycles. The molecule has 0 radical (unpaired) electrons. The molecule has 0 N–H and O–H groups in total. The van der Waals surface area contributed by atoms with Gasteiger partial charge in [-0.05, 0) is 96.0 Å². The van der Waals surface area contributed by atoms with E-state index in [1.807, 2.05) is 0 Å². The highest BCUT2D eigenvalue weighted by atomic mass is 16.5. The number of hydrogen-bond acceptors (Lipinski definition) is 1. The summed E-state index contributed by atoms with van der Waals surface area (Å²) < 4.78 is 6.69. The van der Waals surface area contributed by atoms with Crippen LogP contribution in [0.15, 0.2) is 34.9 Å². The van der Waals surface area contributed by atoms with E-state index in [0.29, 0.717) is 12.0 Å². The minimum absolute atomic E-state index is 0.0554. The van der Waals surface area contributed by atoms with Crippen LogP contribution in [0, 0.1) is 11.8 Å². The molecule has 160 valence electrons. The van der Waals surface area contributed by atoms with Crippen molar-refractivity contribution >= 4 is 0 Å². The number of hydrogen-bond donors (Lipinski definition) is 0. The van der Waals surface area contributed by atoms with Crippen LogP contribution in [-0.4, -0.2) is 11.7 Å². The Hall–Kier alpha value is -0.820. The zero-order valence-corrected chi connectivity index (χ0v) is 19.7. The van der Waals surface area contributed by atoms with Gasteiger partial charge in [0.05, 0.1) is 11.7 Å². The van der Waals surface area contributed by atoms with Gasteiger partial charge in [-0.15, -0.1) is 0 Å². The molecule has 28 heavy (non-hydrogen) atoms. The molecule has 4 atom stereocenters. The maximum absolute atomic E-state index is 6.69. The van der Waals surface area contributed by atoms with Crippen molar-refractivity contribution in [3.05, 3.63) is 34.9 Å². The first-order chi connectivity index (χ1) is 13.3. The average molecular weight is 387 g/mol. The maximum atomic E-state index is 6.69. The minimum Gasteiger partial charge on any atom is -0.367 e. The van der Waals surface area contributed by atoms with Gasteiger partial charge in [0.2, 0.25) is 0 Å². The maximum Gasteiger partial charge on any atom is 0.0820 e. The second-order valence-corrected chi connectivity index (χ2v) is 9.97. The number of unbranched alkanes of at least 4 members (excludes halogenated alkanes) is 2. The third-order valence-electron chi connectivity index (χ3n) is 7.22. The summed E-state index contributed by atoms with van der Waals surface area (Å²) in [5.74, 6) is 1.40. The van der Waals surface area contributed by atoms with Gasteiger partial charge in [-0.25, -0.2) is 0 Å². The first-order valence-corrected chi connectivity index (χ1v) is 12.0. The average Bonchev–Trinajstić information content (AvgIpc) is 2.65. The lowest BCUT2D eigenvalue weighted by Crippen LogP contribution is -2.44. The molecule has 2 rings (SSSR count). The topological polar surface area (TPSA) is 9.23 Å². The van der Waals surface area contributed by atoms with Crippen molar-refractivity contribution < 1.29 is 4.74 Å². The molecule has 1 saturated heterocycles. The molecule has 1 aliphatic heterocycles. The molecule has 1 heterocycles. The van der Waals surface area contributed by atoms with Crippen LogP contribution in [0.25, 0.3) is 0 Å². The van der Waals surface area contributed by atoms with Crippen molar-refractivity contribution in [1.29, 1.82) is 0 Å². The van der Waals surface area contributed by atoms with Crippen LogP contribution in [0.3, 0.4) is 0 Å². The van der Waals surface area contributed by atoms with E-state index in [1.165, 1.54) is 63.4 Å². The van der Waals surface area contributed by atoms with Crippen LogP contribution in [-0.2, 0) is 4.74 Å². The fourth-order valence-corrected chi connectivity index (χ4v) is 4.72. The summed E-state index contributed by atoms with van der Waals surface area (Å²) in [6, 6.07) is 0. The Labute approximate surface area is 175 Å². The van der Waals surface area contributed by atoms with Crippen molar-refractivity contribution in [2.45, 2.75) is 124 Å². The van der Waals surface area contributed by atoms with Crippen molar-refractivity contribution in [2.75, 3.05) is 0 Å². The van der Waals surface area contributed by atoms with Gasteiger partial charge in [0, 0.05) is 0 Å². The van der Waals surface area contributed by atoms with E-state index in [1.54, 1.807) is 11.1 Å². The molecule has 0 amide bonds. The molecule has 4 unspecified atom stereocenters. The predicted molar refractivity (Wildman–Crippen MR) is 124 cm³/mol. The summed E-state index contributed by atoms with van der Waals surface area (Å²) >= 11 is 0. The largest absolute Gasteiger partial charge is 0.367 e. The molecule has 0 aromatic heterocycles. The molecular formula is C27H46O. The van der Waals surface area contributed by atoms with Crippen LogP contribution in [0.2, 0.25) is 0 Å². The summed E-state index contributed by atoms with van der Waals surface area (Å²) in [7, 11) is 0. The Bertz CT molecular complexity index is 567. The number of ether oxygens (including phenoxy) is 1. The van der Waals surface area contributed by atoms with Gasteiger partial charge < -0.3 is 4.74 Å². The van der Waals surface area contributed by atoms with E-state index < -0.39 is 0 Å². The molecule has 2 aliphatic rings. The number of allylic oxidation sites excluding steroid dienone is 5. The van der Waals surface area contributed by atoms with E-state index in [-0.39, 0.29) is 5.60 Å². The van der Waals surface area contributed by atoms with Crippen molar-refractivity contribution in [3.63, 3.8) is 0 Å². The molecule has 0 saturated carbocycles. The smallest absolute Gasteiger partial charge is 0.0820 e. The SMILES string of the molecule is CCCCCC(C)=CCCC(C)=CCCC1(C)CCC2=CCC(C)C(C)C2O1. The summed E-state index contributed by atoms with van der Waals surface area (Å²) in [5, 5.41) is 0. The van der Waals surface area contributed by atoms with Crippen molar-refractivity contribution in [3.8, 4) is 0 Å². The van der Waals surface area contributed by atoms with E-state index in [9.17, 15) is 0 Å². The number of fused-ring (bicyclic) bond motifs is 1.